The minimum Gasteiger partial charge on any atom is -0.548 e. The van der Waals surface area contributed by atoms with Crippen LogP contribution in [0, 0.1) is 0 Å². The van der Waals surface area contributed by atoms with Gasteiger partial charge in [0.15, 0.2) is 0 Å². The van der Waals surface area contributed by atoms with Crippen molar-refractivity contribution in [1.29, 1.82) is 0 Å². The Bertz CT molecular complexity index is 408. The summed E-state index contributed by atoms with van der Waals surface area (Å²) in [6, 6.07) is 0.714. The van der Waals surface area contributed by atoms with Gasteiger partial charge >= 0.3 is 6.09 Å². The summed E-state index contributed by atoms with van der Waals surface area (Å²) in [5.41, 5.74) is 0.174. The third-order valence-electron chi connectivity index (χ3n) is 2.00. The highest BCUT2D eigenvalue weighted by molar-refractivity contribution is 7.07. The Morgan fingerprint density at radius 2 is 2.17 bits per heavy atom. The number of nitrogens with one attached hydrogen (secondary N) is 1. The number of hydrogen-bond acceptors (Lipinski definition) is 5. The van der Waals surface area contributed by atoms with Gasteiger partial charge in [0.1, 0.15) is 5.60 Å². The number of amides is 1. The van der Waals surface area contributed by atoms with E-state index in [-0.39, 0.29) is 6.42 Å². The molecule has 1 aromatic rings. The third-order valence-corrected chi connectivity index (χ3v) is 2.73. The van der Waals surface area contributed by atoms with Crippen molar-refractivity contribution >= 4 is 23.4 Å². The monoisotopic (exact) mass is 270 g/mol. The lowest BCUT2D eigenvalue weighted by Crippen LogP contribution is -2.50. The molecule has 6 heteroatoms. The van der Waals surface area contributed by atoms with Gasteiger partial charge in [0.25, 0.3) is 0 Å². The Balaban J connectivity index is 2.58. The maximum atomic E-state index is 11.5. The summed E-state index contributed by atoms with van der Waals surface area (Å²) in [5.74, 6) is -1.33. The van der Waals surface area contributed by atoms with Gasteiger partial charge in [-0.2, -0.15) is 11.3 Å². The summed E-state index contributed by atoms with van der Waals surface area (Å²) >= 11 is 1.46. The molecule has 0 spiro atoms. The highest BCUT2D eigenvalue weighted by atomic mass is 32.1. The quantitative estimate of drug-likeness (QED) is 0.883. The van der Waals surface area contributed by atoms with E-state index >= 15 is 0 Å². The van der Waals surface area contributed by atoms with Gasteiger partial charge in [0.2, 0.25) is 0 Å². The second kappa shape index (κ2) is 5.86. The van der Waals surface area contributed by atoms with Crippen molar-refractivity contribution in [3.63, 3.8) is 0 Å². The van der Waals surface area contributed by atoms with Crippen LogP contribution in [0.25, 0.3) is 0 Å². The van der Waals surface area contributed by atoms with E-state index in [1.165, 1.54) is 11.3 Å². The molecule has 0 saturated carbocycles. The third kappa shape index (κ3) is 5.18. The smallest absolute Gasteiger partial charge is 0.408 e. The summed E-state index contributed by atoms with van der Waals surface area (Å²) in [6.07, 6.45) is -0.572. The minimum atomic E-state index is -1.33. The zero-order valence-electron chi connectivity index (χ0n) is 10.6. The van der Waals surface area contributed by atoms with Gasteiger partial charge < -0.3 is 20.0 Å². The largest absolute Gasteiger partial charge is 0.548 e. The lowest BCUT2D eigenvalue weighted by molar-refractivity contribution is -0.308. The van der Waals surface area contributed by atoms with Crippen molar-refractivity contribution in [1.82, 2.24) is 5.32 Å². The summed E-state index contributed by atoms with van der Waals surface area (Å²) in [6.45, 7) is 5.12. The zero-order chi connectivity index (χ0) is 13.8. The molecule has 0 bridgehead atoms. The molecule has 18 heavy (non-hydrogen) atoms. The number of aliphatic carboxylic acids is 1. The van der Waals surface area contributed by atoms with E-state index < -0.39 is 23.7 Å². The molecule has 5 nitrogen and oxygen atoms in total. The zero-order valence-corrected chi connectivity index (χ0v) is 11.4. The van der Waals surface area contributed by atoms with Crippen LogP contribution in [0.4, 0.5) is 4.79 Å². The van der Waals surface area contributed by atoms with Crippen LogP contribution in [-0.2, 0) is 16.0 Å². The average Bonchev–Trinajstić information content (AvgIpc) is 2.66. The number of alkyl carbamates (subject to hydrolysis) is 1. The van der Waals surface area contributed by atoms with Crippen LogP contribution >= 0.6 is 11.3 Å². The molecule has 1 amide bonds. The Labute approximate surface area is 110 Å². The molecule has 0 radical (unpaired) electrons. The van der Waals surface area contributed by atoms with Gasteiger partial charge in [-0.25, -0.2) is 4.79 Å². The van der Waals surface area contributed by atoms with Gasteiger partial charge in [-0.1, -0.05) is 0 Å². The van der Waals surface area contributed by atoms with E-state index in [2.05, 4.69) is 5.32 Å². The summed E-state index contributed by atoms with van der Waals surface area (Å²) in [4.78, 5) is 22.4. The predicted octanol–water partition coefficient (Wildman–Crippen LogP) is 0.934. The van der Waals surface area contributed by atoms with Crippen LogP contribution in [0.5, 0.6) is 0 Å². The van der Waals surface area contributed by atoms with Crippen LogP contribution in [0.15, 0.2) is 16.8 Å². The second-order valence-corrected chi connectivity index (χ2v) is 5.63. The highest BCUT2D eigenvalue weighted by Gasteiger charge is 2.20. The maximum absolute atomic E-state index is 11.5. The number of thiophene rings is 1. The minimum absolute atomic E-state index is 0.186. The Morgan fingerprint density at radius 3 is 2.61 bits per heavy atom. The first-order valence-corrected chi connectivity index (χ1v) is 6.43. The van der Waals surface area contributed by atoms with Crippen LogP contribution < -0.4 is 10.4 Å². The van der Waals surface area contributed by atoms with E-state index in [4.69, 9.17) is 4.74 Å². The van der Waals surface area contributed by atoms with Crippen LogP contribution in [0.3, 0.4) is 0 Å². The molecule has 0 aliphatic carbocycles. The SMILES string of the molecule is CC(C)(C)OC(=O)N[C@H](Cc1ccsc1)C(=O)[O-]. The molecule has 1 N–H and O–H groups in total. The Morgan fingerprint density at radius 1 is 1.50 bits per heavy atom. The summed E-state index contributed by atoms with van der Waals surface area (Å²) in [7, 11) is 0. The molecule has 1 atom stereocenters. The topological polar surface area (TPSA) is 78.5 Å². The Hall–Kier alpha value is -1.56. The first kappa shape index (κ1) is 14.5. The number of carboxylic acids is 1. The fourth-order valence-corrected chi connectivity index (χ4v) is 1.97. The second-order valence-electron chi connectivity index (χ2n) is 4.85. The van der Waals surface area contributed by atoms with Crippen molar-refractivity contribution in [2.45, 2.75) is 38.8 Å². The van der Waals surface area contributed by atoms with E-state index in [1.807, 2.05) is 10.8 Å². The van der Waals surface area contributed by atoms with E-state index in [0.717, 1.165) is 5.56 Å². The number of carbonyl (C=O) groups excluding carboxylic acids is 2. The van der Waals surface area contributed by atoms with Crippen LogP contribution in [-0.4, -0.2) is 23.7 Å². The van der Waals surface area contributed by atoms with Crippen molar-refractivity contribution in [2.24, 2.45) is 0 Å². The van der Waals surface area contributed by atoms with Crippen LogP contribution in [0.1, 0.15) is 26.3 Å². The van der Waals surface area contributed by atoms with Gasteiger partial charge in [0.05, 0.1) is 12.0 Å². The average molecular weight is 270 g/mol. The highest BCUT2D eigenvalue weighted by Crippen LogP contribution is 2.10. The number of carbonyl (C=O) groups is 2. The van der Waals surface area contributed by atoms with Crippen molar-refractivity contribution in [3.05, 3.63) is 22.4 Å². The van der Waals surface area contributed by atoms with Crippen LogP contribution in [0.2, 0.25) is 0 Å². The molecular formula is C12H16NO4S-. The molecule has 1 rings (SSSR count). The van der Waals surface area contributed by atoms with Gasteiger partial charge in [-0.15, -0.1) is 0 Å². The van der Waals surface area contributed by atoms with E-state index in [1.54, 1.807) is 26.8 Å². The summed E-state index contributed by atoms with van der Waals surface area (Å²) in [5, 5.41) is 16.9. The number of rotatable bonds is 4. The predicted molar refractivity (Wildman–Crippen MR) is 66.2 cm³/mol. The maximum Gasteiger partial charge on any atom is 0.408 e. The molecule has 0 unspecified atom stereocenters. The summed E-state index contributed by atoms with van der Waals surface area (Å²) < 4.78 is 5.00. The molecule has 0 fully saturated rings. The van der Waals surface area contributed by atoms with Gasteiger partial charge in [-0.05, 0) is 49.6 Å². The lowest BCUT2D eigenvalue weighted by Gasteiger charge is -2.24. The first-order chi connectivity index (χ1) is 8.28. The molecule has 0 aliphatic heterocycles. The molecule has 1 heterocycles. The van der Waals surface area contributed by atoms with Crippen molar-refractivity contribution < 1.29 is 19.4 Å². The fourth-order valence-electron chi connectivity index (χ4n) is 1.29. The normalized spacial score (nSPS) is 12.8. The Kier molecular flexibility index (Phi) is 4.72. The fraction of sp³-hybridized carbons (Fsp3) is 0.500. The standard InChI is InChI=1S/C12H17NO4S/c1-12(2,3)17-11(16)13-9(10(14)15)6-8-4-5-18-7-8/h4-5,7,9H,6H2,1-3H3,(H,13,16)(H,14,15)/p-1/t9-/m1/s1. The van der Waals surface area contributed by atoms with Gasteiger partial charge in [0, 0.05) is 0 Å². The van der Waals surface area contributed by atoms with Gasteiger partial charge in [-0.3, -0.25) is 0 Å². The van der Waals surface area contributed by atoms with Crippen molar-refractivity contribution in [3.8, 4) is 0 Å². The number of ether oxygens (including phenoxy) is 1. The molecule has 100 valence electrons. The molecule has 0 saturated heterocycles. The molecule has 1 aromatic heterocycles. The molecule has 0 aliphatic rings. The van der Waals surface area contributed by atoms with Crippen molar-refractivity contribution in [2.75, 3.05) is 0 Å². The molecule has 0 aromatic carbocycles. The first-order valence-electron chi connectivity index (χ1n) is 5.49. The molecular weight excluding hydrogens is 254 g/mol. The number of carboxylic acid groups (broad SMARTS) is 1. The van der Waals surface area contributed by atoms with E-state index in [9.17, 15) is 14.7 Å². The van der Waals surface area contributed by atoms with E-state index in [0.29, 0.717) is 0 Å². The lowest BCUT2D eigenvalue weighted by atomic mass is 10.1. The number of hydrogen-bond donors (Lipinski definition) is 1.